The van der Waals surface area contributed by atoms with Gasteiger partial charge >= 0.3 is 5.97 Å². The quantitative estimate of drug-likeness (QED) is 0.774. The van der Waals surface area contributed by atoms with E-state index in [1.807, 2.05) is 6.07 Å². The van der Waals surface area contributed by atoms with Crippen LogP contribution in [0.3, 0.4) is 0 Å². The first-order valence-corrected chi connectivity index (χ1v) is 11.2. The molecule has 5 heteroatoms. The zero-order valence-electron chi connectivity index (χ0n) is 18.3. The molecular weight excluding hydrogens is 388 g/mol. The fourth-order valence-corrected chi connectivity index (χ4v) is 6.74. The average molecular weight is 419 g/mol. The van der Waals surface area contributed by atoms with Crippen molar-refractivity contribution in [3.63, 3.8) is 0 Å². The van der Waals surface area contributed by atoms with Gasteiger partial charge in [-0.15, -0.1) is 0 Å². The normalized spacial score (nSPS) is 31.5. The number of hydrogen-bond donors (Lipinski definition) is 1. The predicted molar refractivity (Wildman–Crippen MR) is 118 cm³/mol. The molecule has 1 saturated carbocycles. The van der Waals surface area contributed by atoms with Crippen LogP contribution in [0.4, 0.5) is 0 Å². The summed E-state index contributed by atoms with van der Waals surface area (Å²) in [6.07, 6.45) is 2.82. The molecule has 2 fully saturated rings. The number of esters is 1. The molecule has 1 aliphatic heterocycles. The zero-order chi connectivity index (χ0) is 21.8. The summed E-state index contributed by atoms with van der Waals surface area (Å²) in [5.74, 6) is -0.855. The number of likely N-dealkylation sites (tertiary alicyclic amines) is 1. The van der Waals surface area contributed by atoms with E-state index >= 15 is 0 Å². The van der Waals surface area contributed by atoms with Crippen LogP contribution in [0.2, 0.25) is 0 Å². The lowest BCUT2D eigenvalue weighted by Gasteiger charge is -2.60. The van der Waals surface area contributed by atoms with E-state index in [1.165, 1.54) is 29.2 Å². The number of rotatable bonds is 4. The van der Waals surface area contributed by atoms with Gasteiger partial charge in [0.2, 0.25) is 5.91 Å². The van der Waals surface area contributed by atoms with Crippen molar-refractivity contribution in [3.8, 4) is 0 Å². The van der Waals surface area contributed by atoms with Crippen LogP contribution in [-0.2, 0) is 32.7 Å². The monoisotopic (exact) mass is 418 g/mol. The van der Waals surface area contributed by atoms with Crippen molar-refractivity contribution in [3.05, 3.63) is 70.8 Å². The molecule has 5 rings (SSSR count). The highest BCUT2D eigenvalue weighted by Gasteiger charge is 2.70. The Labute approximate surface area is 183 Å². The number of fused-ring (bicyclic) bond motifs is 1. The van der Waals surface area contributed by atoms with Gasteiger partial charge in [-0.3, -0.25) is 14.5 Å². The third-order valence-electron chi connectivity index (χ3n) is 7.91. The maximum Gasteiger partial charge on any atom is 0.303 e. The second-order valence-electron chi connectivity index (χ2n) is 9.66. The summed E-state index contributed by atoms with van der Waals surface area (Å²) >= 11 is 0. The van der Waals surface area contributed by atoms with Crippen LogP contribution in [0.5, 0.6) is 0 Å². The molecule has 31 heavy (non-hydrogen) atoms. The maximum absolute atomic E-state index is 12.4. The van der Waals surface area contributed by atoms with E-state index in [0.29, 0.717) is 12.8 Å². The van der Waals surface area contributed by atoms with Crippen LogP contribution < -0.4 is 5.73 Å². The molecule has 2 aliphatic carbocycles. The minimum atomic E-state index is -0.730. The largest absolute Gasteiger partial charge is 0.457 e. The lowest BCUT2D eigenvalue weighted by molar-refractivity contribution is -0.189. The summed E-state index contributed by atoms with van der Waals surface area (Å²) in [6.45, 7) is 5.29. The Morgan fingerprint density at radius 1 is 1.16 bits per heavy atom. The van der Waals surface area contributed by atoms with Crippen molar-refractivity contribution >= 4 is 11.9 Å². The molecule has 0 spiro atoms. The molecule has 2 aromatic carbocycles. The van der Waals surface area contributed by atoms with Crippen molar-refractivity contribution in [1.29, 1.82) is 0 Å². The molecule has 1 amide bonds. The molecular formula is C26H30N2O3. The highest BCUT2D eigenvalue weighted by atomic mass is 16.6. The van der Waals surface area contributed by atoms with Crippen LogP contribution in [0.15, 0.2) is 48.5 Å². The van der Waals surface area contributed by atoms with E-state index in [2.05, 4.69) is 54.3 Å². The third-order valence-corrected chi connectivity index (χ3v) is 7.91. The standard InChI is InChI=1S/C26H30N2O3/c1-17-8-9-20-13-23-26(31-18(2)29)15-21(24(27)30)14-25(26,22(20)12-17)10-11-28(23)16-19-6-4-3-5-7-19/h3-9,12,21,23H,10-11,13-16H2,1-2H3,(H2,27,30)/t21-,23-,25-,26-/m1/s1. The van der Waals surface area contributed by atoms with Crippen molar-refractivity contribution < 1.29 is 14.3 Å². The van der Waals surface area contributed by atoms with Gasteiger partial charge in [-0.2, -0.15) is 0 Å². The highest BCUT2D eigenvalue weighted by molar-refractivity contribution is 5.78. The summed E-state index contributed by atoms with van der Waals surface area (Å²) < 4.78 is 6.32. The Balaban J connectivity index is 1.67. The van der Waals surface area contributed by atoms with Crippen LogP contribution >= 0.6 is 0 Å². The van der Waals surface area contributed by atoms with Crippen LogP contribution in [-0.4, -0.2) is 35.0 Å². The number of piperidine rings is 1. The molecule has 2 N–H and O–H groups in total. The van der Waals surface area contributed by atoms with Gasteiger partial charge in [-0.25, -0.2) is 0 Å². The summed E-state index contributed by atoms with van der Waals surface area (Å²) in [4.78, 5) is 27.3. The number of hydrogen-bond acceptors (Lipinski definition) is 4. The van der Waals surface area contributed by atoms with E-state index in [-0.39, 0.29) is 29.3 Å². The molecule has 162 valence electrons. The van der Waals surface area contributed by atoms with Crippen LogP contribution in [0.1, 0.15) is 48.4 Å². The molecule has 1 heterocycles. The number of nitrogens with two attached hydrogens (primary N) is 1. The summed E-state index contributed by atoms with van der Waals surface area (Å²) in [6, 6.07) is 17.1. The van der Waals surface area contributed by atoms with Gasteiger partial charge in [-0.05, 0) is 49.4 Å². The molecule has 3 aliphatic rings. The minimum absolute atomic E-state index is 0.0184. The number of aryl methyl sites for hydroxylation is 1. The molecule has 0 radical (unpaired) electrons. The van der Waals surface area contributed by atoms with Gasteiger partial charge < -0.3 is 10.5 Å². The van der Waals surface area contributed by atoms with Crippen molar-refractivity contribution in [2.75, 3.05) is 6.54 Å². The van der Waals surface area contributed by atoms with Crippen molar-refractivity contribution in [2.24, 2.45) is 11.7 Å². The van der Waals surface area contributed by atoms with Gasteiger partial charge in [0.1, 0.15) is 5.60 Å². The fraction of sp³-hybridized carbons (Fsp3) is 0.462. The number of carbonyl (C=O) groups is 2. The Morgan fingerprint density at radius 3 is 2.65 bits per heavy atom. The molecule has 2 bridgehead atoms. The van der Waals surface area contributed by atoms with Crippen LogP contribution in [0, 0.1) is 12.8 Å². The van der Waals surface area contributed by atoms with Gasteiger partial charge in [0.25, 0.3) is 0 Å². The Hall–Kier alpha value is -2.66. The van der Waals surface area contributed by atoms with Gasteiger partial charge in [-0.1, -0.05) is 54.1 Å². The van der Waals surface area contributed by atoms with E-state index in [1.54, 1.807) is 0 Å². The molecule has 1 saturated heterocycles. The second kappa shape index (κ2) is 7.20. The summed E-state index contributed by atoms with van der Waals surface area (Å²) in [5, 5.41) is 0. The zero-order valence-corrected chi connectivity index (χ0v) is 18.3. The summed E-state index contributed by atoms with van der Waals surface area (Å²) in [7, 11) is 0. The predicted octanol–water partition coefficient (Wildman–Crippen LogP) is 3.26. The van der Waals surface area contributed by atoms with E-state index in [9.17, 15) is 9.59 Å². The average Bonchev–Trinajstić information content (AvgIpc) is 3.08. The van der Waals surface area contributed by atoms with E-state index in [0.717, 1.165) is 25.9 Å². The third kappa shape index (κ3) is 3.01. The number of benzene rings is 2. The number of carbonyl (C=O) groups excluding carboxylic acids is 2. The fourth-order valence-electron chi connectivity index (χ4n) is 6.74. The van der Waals surface area contributed by atoms with Gasteiger partial charge in [0, 0.05) is 31.2 Å². The topological polar surface area (TPSA) is 72.6 Å². The SMILES string of the molecule is CC(=O)O[C@@]12C[C@H](C(N)=O)C[C@@]13CCN(Cc1ccccc1)[C@@H]2Cc1ccc(C)cc13. The summed E-state index contributed by atoms with van der Waals surface area (Å²) in [5.41, 5.74) is 9.74. The number of nitrogens with zero attached hydrogens (tertiary/aromatic N) is 1. The first-order valence-electron chi connectivity index (χ1n) is 11.2. The number of ether oxygens (including phenoxy) is 1. The van der Waals surface area contributed by atoms with E-state index < -0.39 is 5.60 Å². The second-order valence-corrected chi connectivity index (χ2v) is 9.66. The number of primary amides is 1. The maximum atomic E-state index is 12.4. The molecule has 2 aromatic rings. The van der Waals surface area contributed by atoms with Gasteiger partial charge in [0.05, 0.1) is 6.04 Å². The minimum Gasteiger partial charge on any atom is -0.457 e. The van der Waals surface area contributed by atoms with Crippen molar-refractivity contribution in [1.82, 2.24) is 4.90 Å². The number of amides is 1. The van der Waals surface area contributed by atoms with Crippen LogP contribution in [0.25, 0.3) is 0 Å². The molecule has 5 nitrogen and oxygen atoms in total. The first-order chi connectivity index (χ1) is 14.8. The Kier molecular flexibility index (Phi) is 4.70. The van der Waals surface area contributed by atoms with E-state index in [4.69, 9.17) is 10.5 Å². The molecule has 0 unspecified atom stereocenters. The van der Waals surface area contributed by atoms with Crippen molar-refractivity contribution in [2.45, 2.75) is 63.1 Å². The molecule has 4 atom stereocenters. The lowest BCUT2D eigenvalue weighted by atomic mass is 9.55. The first kappa shape index (κ1) is 20.3. The Bertz CT molecular complexity index is 1040. The molecule has 0 aromatic heterocycles. The highest BCUT2D eigenvalue weighted by Crippen LogP contribution is 2.63. The lowest BCUT2D eigenvalue weighted by Crippen LogP contribution is -2.70. The smallest absolute Gasteiger partial charge is 0.303 e. The Morgan fingerprint density at radius 2 is 1.94 bits per heavy atom. The van der Waals surface area contributed by atoms with Gasteiger partial charge in [0.15, 0.2) is 0 Å².